The summed E-state index contributed by atoms with van der Waals surface area (Å²) < 4.78 is 0. The number of rotatable bonds is 5. The number of likely N-dealkylation sites (N-methyl/N-ethyl adjacent to an activating group) is 1. The van der Waals surface area contributed by atoms with Gasteiger partial charge < -0.3 is 20.1 Å². The van der Waals surface area contributed by atoms with Crippen LogP contribution in [-0.4, -0.2) is 71.4 Å². The van der Waals surface area contributed by atoms with E-state index in [1.807, 2.05) is 31.4 Å². The maximum atomic E-state index is 12.7. The molecular formula is C22H25N5O2. The van der Waals surface area contributed by atoms with E-state index < -0.39 is 0 Å². The number of fused-ring (bicyclic) bond motifs is 1. The first-order chi connectivity index (χ1) is 14.1. The lowest BCUT2D eigenvalue weighted by Gasteiger charge is -2.32. The van der Waals surface area contributed by atoms with Gasteiger partial charge in [-0.1, -0.05) is 18.2 Å². The number of hydrogen-bond donors (Lipinski definition) is 2. The Morgan fingerprint density at radius 2 is 1.93 bits per heavy atom. The molecule has 2 aromatic heterocycles. The Labute approximate surface area is 169 Å². The highest BCUT2D eigenvalue weighted by Gasteiger charge is 2.22. The monoisotopic (exact) mass is 391 g/mol. The SMILES string of the molecule is CN1CCN(C(=O)c2cc(C(=O)NCCc3c[nH]c4ccccc34)ccn2)CC1. The molecule has 0 aliphatic carbocycles. The third kappa shape index (κ3) is 4.30. The van der Waals surface area contributed by atoms with Crippen molar-refractivity contribution in [3.63, 3.8) is 0 Å². The molecule has 3 aromatic rings. The molecule has 1 aromatic carbocycles. The van der Waals surface area contributed by atoms with Crippen LogP contribution in [0, 0.1) is 0 Å². The number of nitrogens with one attached hydrogen (secondary N) is 2. The highest BCUT2D eigenvalue weighted by Crippen LogP contribution is 2.17. The molecule has 1 aliphatic heterocycles. The molecule has 1 fully saturated rings. The molecule has 150 valence electrons. The highest BCUT2D eigenvalue weighted by atomic mass is 16.2. The van der Waals surface area contributed by atoms with E-state index in [9.17, 15) is 9.59 Å². The van der Waals surface area contributed by atoms with Crippen LogP contribution in [-0.2, 0) is 6.42 Å². The van der Waals surface area contributed by atoms with Gasteiger partial charge in [0.15, 0.2) is 0 Å². The standard InChI is InChI=1S/C22H25N5O2/c1-26-10-12-27(13-11-26)22(29)20-14-16(6-8-23-20)21(28)24-9-7-17-15-25-19-5-3-2-4-18(17)19/h2-6,8,14-15,25H,7,9-13H2,1H3,(H,24,28). The first-order valence-electron chi connectivity index (χ1n) is 9.89. The number of nitrogens with zero attached hydrogens (tertiary/aromatic N) is 3. The first-order valence-corrected chi connectivity index (χ1v) is 9.89. The van der Waals surface area contributed by atoms with Gasteiger partial charge >= 0.3 is 0 Å². The highest BCUT2D eigenvalue weighted by molar-refractivity contribution is 5.98. The average Bonchev–Trinajstić information content (AvgIpc) is 3.17. The maximum absolute atomic E-state index is 12.7. The number of H-pyrrole nitrogens is 1. The number of aromatic nitrogens is 2. The summed E-state index contributed by atoms with van der Waals surface area (Å²) in [6.07, 6.45) is 4.24. The van der Waals surface area contributed by atoms with Gasteiger partial charge in [0.1, 0.15) is 5.69 Å². The Morgan fingerprint density at radius 3 is 2.76 bits per heavy atom. The lowest BCUT2D eigenvalue weighted by molar-refractivity contribution is 0.0658. The van der Waals surface area contributed by atoms with Gasteiger partial charge in [-0.05, 0) is 37.2 Å². The minimum absolute atomic E-state index is 0.119. The summed E-state index contributed by atoms with van der Waals surface area (Å²) in [7, 11) is 2.04. The number of carbonyl (C=O) groups is 2. The van der Waals surface area contributed by atoms with E-state index in [1.165, 1.54) is 17.1 Å². The first kappa shape index (κ1) is 19.1. The number of hydrogen-bond acceptors (Lipinski definition) is 4. The summed E-state index contributed by atoms with van der Waals surface area (Å²) >= 11 is 0. The number of para-hydroxylation sites is 1. The number of carbonyl (C=O) groups excluding carboxylic acids is 2. The molecule has 7 nitrogen and oxygen atoms in total. The second-order valence-electron chi connectivity index (χ2n) is 7.39. The third-order valence-electron chi connectivity index (χ3n) is 5.39. The van der Waals surface area contributed by atoms with Gasteiger partial charge in [-0.2, -0.15) is 0 Å². The lowest BCUT2D eigenvalue weighted by atomic mass is 10.1. The van der Waals surface area contributed by atoms with Crippen LogP contribution >= 0.6 is 0 Å². The molecule has 2 N–H and O–H groups in total. The fourth-order valence-corrected chi connectivity index (χ4v) is 3.61. The molecular weight excluding hydrogens is 366 g/mol. The van der Waals surface area contributed by atoms with Crippen molar-refractivity contribution in [2.75, 3.05) is 39.8 Å². The summed E-state index contributed by atoms with van der Waals surface area (Å²) in [5, 5.41) is 4.11. The van der Waals surface area contributed by atoms with Crippen molar-refractivity contribution in [1.82, 2.24) is 25.1 Å². The van der Waals surface area contributed by atoms with Crippen LogP contribution in [0.1, 0.15) is 26.4 Å². The van der Waals surface area contributed by atoms with E-state index in [0.29, 0.717) is 30.9 Å². The van der Waals surface area contributed by atoms with Gasteiger partial charge in [-0.15, -0.1) is 0 Å². The van der Waals surface area contributed by atoms with Crippen molar-refractivity contribution < 1.29 is 9.59 Å². The van der Waals surface area contributed by atoms with Crippen LogP contribution in [0.25, 0.3) is 10.9 Å². The van der Waals surface area contributed by atoms with E-state index in [0.717, 1.165) is 25.0 Å². The van der Waals surface area contributed by atoms with Gasteiger partial charge in [0.05, 0.1) is 0 Å². The molecule has 1 aliphatic rings. The Hall–Kier alpha value is -3.19. The molecule has 0 spiro atoms. The van der Waals surface area contributed by atoms with Crippen LogP contribution in [0.5, 0.6) is 0 Å². The molecule has 0 bridgehead atoms. The third-order valence-corrected chi connectivity index (χ3v) is 5.39. The number of aromatic amines is 1. The van der Waals surface area contributed by atoms with Crippen LogP contribution < -0.4 is 5.32 Å². The van der Waals surface area contributed by atoms with Crippen molar-refractivity contribution in [3.8, 4) is 0 Å². The number of piperazine rings is 1. The topological polar surface area (TPSA) is 81.3 Å². The fraction of sp³-hybridized carbons (Fsp3) is 0.318. The van der Waals surface area contributed by atoms with Crippen molar-refractivity contribution in [1.29, 1.82) is 0 Å². The molecule has 7 heteroatoms. The molecule has 1 saturated heterocycles. The van der Waals surface area contributed by atoms with E-state index in [1.54, 1.807) is 17.0 Å². The Bertz CT molecular complexity index is 1020. The molecule has 0 unspecified atom stereocenters. The van der Waals surface area contributed by atoms with E-state index in [4.69, 9.17) is 0 Å². The predicted molar refractivity (Wildman–Crippen MR) is 112 cm³/mol. The van der Waals surface area contributed by atoms with Gasteiger partial charge in [0.2, 0.25) is 0 Å². The van der Waals surface area contributed by atoms with Crippen molar-refractivity contribution in [2.24, 2.45) is 0 Å². The van der Waals surface area contributed by atoms with E-state index in [2.05, 4.69) is 26.3 Å². The fourth-order valence-electron chi connectivity index (χ4n) is 3.61. The Kier molecular flexibility index (Phi) is 5.57. The number of pyridine rings is 1. The zero-order valence-electron chi connectivity index (χ0n) is 16.5. The zero-order chi connectivity index (χ0) is 20.2. The van der Waals surface area contributed by atoms with Crippen molar-refractivity contribution >= 4 is 22.7 Å². The van der Waals surface area contributed by atoms with E-state index in [-0.39, 0.29) is 11.8 Å². The summed E-state index contributed by atoms with van der Waals surface area (Å²) in [6.45, 7) is 3.57. The van der Waals surface area contributed by atoms with Crippen LogP contribution in [0.15, 0.2) is 48.8 Å². The Morgan fingerprint density at radius 1 is 1.14 bits per heavy atom. The summed E-state index contributed by atoms with van der Waals surface area (Å²) in [4.78, 5) is 36.6. The smallest absolute Gasteiger partial charge is 0.272 e. The van der Waals surface area contributed by atoms with E-state index >= 15 is 0 Å². The largest absolute Gasteiger partial charge is 0.361 e. The van der Waals surface area contributed by atoms with Gasteiger partial charge in [0, 0.05) is 61.6 Å². The van der Waals surface area contributed by atoms with Crippen LogP contribution in [0.4, 0.5) is 0 Å². The summed E-state index contributed by atoms with van der Waals surface area (Å²) in [5.41, 5.74) is 3.03. The average molecular weight is 391 g/mol. The van der Waals surface area contributed by atoms with Crippen molar-refractivity contribution in [2.45, 2.75) is 6.42 Å². The zero-order valence-corrected chi connectivity index (χ0v) is 16.5. The normalized spacial score (nSPS) is 14.9. The Balaban J connectivity index is 1.36. The second-order valence-corrected chi connectivity index (χ2v) is 7.39. The summed E-state index contributed by atoms with van der Waals surface area (Å²) in [5.74, 6) is -0.314. The van der Waals surface area contributed by atoms with Crippen molar-refractivity contribution in [3.05, 3.63) is 65.6 Å². The maximum Gasteiger partial charge on any atom is 0.272 e. The predicted octanol–water partition coefficient (Wildman–Crippen LogP) is 1.92. The molecule has 3 heterocycles. The molecule has 4 rings (SSSR count). The molecule has 2 amide bonds. The molecule has 0 radical (unpaired) electrons. The van der Waals surface area contributed by atoms with Crippen LogP contribution in [0.3, 0.4) is 0 Å². The molecule has 29 heavy (non-hydrogen) atoms. The minimum atomic E-state index is -0.195. The van der Waals surface area contributed by atoms with Gasteiger partial charge in [0.25, 0.3) is 11.8 Å². The summed E-state index contributed by atoms with van der Waals surface area (Å²) in [6, 6.07) is 11.3. The number of amides is 2. The van der Waals surface area contributed by atoms with Crippen LogP contribution in [0.2, 0.25) is 0 Å². The molecule has 0 saturated carbocycles. The lowest BCUT2D eigenvalue weighted by Crippen LogP contribution is -2.47. The number of benzene rings is 1. The second kappa shape index (κ2) is 8.45. The van der Waals surface area contributed by atoms with Gasteiger partial charge in [-0.25, -0.2) is 0 Å². The minimum Gasteiger partial charge on any atom is -0.361 e. The molecule has 0 atom stereocenters. The quantitative estimate of drug-likeness (QED) is 0.696. The van der Waals surface area contributed by atoms with Gasteiger partial charge in [-0.3, -0.25) is 14.6 Å².